The maximum atomic E-state index is 12.8. The topological polar surface area (TPSA) is 78.9 Å². The Labute approximate surface area is 414 Å². The third kappa shape index (κ3) is 53.7. The fourth-order valence-corrected chi connectivity index (χ4v) is 7.93. The van der Waals surface area contributed by atoms with Gasteiger partial charge >= 0.3 is 17.9 Å². The molecule has 0 aromatic rings. The van der Waals surface area contributed by atoms with Crippen molar-refractivity contribution >= 4 is 17.9 Å². The van der Waals surface area contributed by atoms with Gasteiger partial charge in [0.1, 0.15) is 13.2 Å². The standard InChI is InChI=1S/C61H106O6/c1-4-7-10-13-16-19-22-24-26-28-30-32-34-36-39-42-45-48-51-54-60(63)66-57-58(56-65-59(62)53-50-47-44-41-38-21-18-15-12-9-6-3)67-61(64)55-52-49-46-43-40-37-35-33-31-29-27-25-23-20-17-14-11-8-5-2/h7,10,16-17,19-20,24-27,30,32,58H,4-6,8-9,11-15,18,21-23,28-29,31,33-57H2,1-3H3/b10-7-,19-16-,20-17-,26-24-,27-25-,32-30-. The molecule has 0 amide bonds. The van der Waals surface area contributed by atoms with Crippen LogP contribution >= 0.6 is 0 Å². The number of carbonyl (C=O) groups is 3. The van der Waals surface area contributed by atoms with Gasteiger partial charge in [-0.05, 0) is 89.9 Å². The zero-order valence-corrected chi connectivity index (χ0v) is 44.2. The van der Waals surface area contributed by atoms with E-state index in [1.54, 1.807) is 0 Å². The molecule has 0 aromatic carbocycles. The molecule has 0 aliphatic rings. The predicted octanol–water partition coefficient (Wildman–Crippen LogP) is 19.0. The van der Waals surface area contributed by atoms with Crippen molar-refractivity contribution in [3.8, 4) is 0 Å². The van der Waals surface area contributed by atoms with Crippen LogP contribution in [0.4, 0.5) is 0 Å². The van der Waals surface area contributed by atoms with Crippen LogP contribution in [0, 0.1) is 0 Å². The Kier molecular flexibility index (Phi) is 52.8. The molecule has 0 N–H and O–H groups in total. The smallest absolute Gasteiger partial charge is 0.306 e. The zero-order chi connectivity index (χ0) is 48.6. The number of ether oxygens (including phenoxy) is 3. The quantitative estimate of drug-likeness (QED) is 0.0262. The summed E-state index contributed by atoms with van der Waals surface area (Å²) in [4.78, 5) is 38.1. The first kappa shape index (κ1) is 63.8. The van der Waals surface area contributed by atoms with E-state index in [9.17, 15) is 14.4 Å². The van der Waals surface area contributed by atoms with Crippen LogP contribution in [0.3, 0.4) is 0 Å². The fraction of sp³-hybridized carbons (Fsp3) is 0.754. The van der Waals surface area contributed by atoms with E-state index >= 15 is 0 Å². The summed E-state index contributed by atoms with van der Waals surface area (Å²) in [6.07, 6.45) is 70.3. The van der Waals surface area contributed by atoms with Gasteiger partial charge < -0.3 is 14.2 Å². The van der Waals surface area contributed by atoms with E-state index in [1.165, 1.54) is 141 Å². The summed E-state index contributed by atoms with van der Waals surface area (Å²) >= 11 is 0. The van der Waals surface area contributed by atoms with E-state index in [0.29, 0.717) is 19.3 Å². The Bertz CT molecular complexity index is 1260. The first-order valence-corrected chi connectivity index (χ1v) is 28.4. The van der Waals surface area contributed by atoms with Gasteiger partial charge in [-0.2, -0.15) is 0 Å². The van der Waals surface area contributed by atoms with Crippen molar-refractivity contribution in [3.05, 3.63) is 72.9 Å². The lowest BCUT2D eigenvalue weighted by Crippen LogP contribution is -2.30. The second kappa shape index (κ2) is 55.4. The van der Waals surface area contributed by atoms with Crippen molar-refractivity contribution in [1.82, 2.24) is 0 Å². The molecule has 386 valence electrons. The molecule has 0 aromatic heterocycles. The van der Waals surface area contributed by atoms with Crippen LogP contribution in [0.2, 0.25) is 0 Å². The van der Waals surface area contributed by atoms with Gasteiger partial charge in [0.2, 0.25) is 0 Å². The van der Waals surface area contributed by atoms with E-state index < -0.39 is 6.10 Å². The van der Waals surface area contributed by atoms with Crippen molar-refractivity contribution in [1.29, 1.82) is 0 Å². The Morgan fingerprint density at radius 2 is 0.582 bits per heavy atom. The first-order chi connectivity index (χ1) is 33.0. The van der Waals surface area contributed by atoms with Gasteiger partial charge in [0, 0.05) is 19.3 Å². The van der Waals surface area contributed by atoms with Crippen molar-refractivity contribution in [3.63, 3.8) is 0 Å². The van der Waals surface area contributed by atoms with Gasteiger partial charge in [0.25, 0.3) is 0 Å². The summed E-state index contributed by atoms with van der Waals surface area (Å²) in [5.41, 5.74) is 0. The maximum Gasteiger partial charge on any atom is 0.306 e. The van der Waals surface area contributed by atoms with Gasteiger partial charge in [-0.1, -0.05) is 241 Å². The lowest BCUT2D eigenvalue weighted by atomic mass is 10.1. The Morgan fingerprint density at radius 1 is 0.313 bits per heavy atom. The molecule has 0 heterocycles. The fourth-order valence-electron chi connectivity index (χ4n) is 7.93. The van der Waals surface area contributed by atoms with Crippen LogP contribution in [0.5, 0.6) is 0 Å². The van der Waals surface area contributed by atoms with Crippen LogP contribution in [0.1, 0.15) is 278 Å². The van der Waals surface area contributed by atoms with Gasteiger partial charge in [-0.25, -0.2) is 0 Å². The summed E-state index contributed by atoms with van der Waals surface area (Å²) in [7, 11) is 0. The maximum absolute atomic E-state index is 12.8. The minimum Gasteiger partial charge on any atom is -0.462 e. The predicted molar refractivity (Wildman–Crippen MR) is 288 cm³/mol. The molecular weight excluding hydrogens is 829 g/mol. The average molecular weight is 936 g/mol. The highest BCUT2D eigenvalue weighted by atomic mass is 16.6. The largest absolute Gasteiger partial charge is 0.462 e. The number of carbonyl (C=O) groups excluding carboxylic acids is 3. The van der Waals surface area contributed by atoms with Crippen molar-refractivity contribution in [2.24, 2.45) is 0 Å². The minimum atomic E-state index is -0.782. The van der Waals surface area contributed by atoms with E-state index in [-0.39, 0.29) is 31.1 Å². The molecule has 0 bridgehead atoms. The molecule has 0 saturated carbocycles. The van der Waals surface area contributed by atoms with Crippen LogP contribution in [0.15, 0.2) is 72.9 Å². The SMILES string of the molecule is CC/C=C\C/C=C\C/C=C\C/C=C\CCCCCCCCC(=O)OCC(COC(=O)CCCCCCCCCCCCC)OC(=O)CCCCCCCCCCC/C=C\C/C=C\CCCCC. The molecule has 0 fully saturated rings. The molecule has 0 aliphatic heterocycles. The number of hydrogen-bond acceptors (Lipinski definition) is 6. The van der Waals surface area contributed by atoms with E-state index in [1.807, 2.05) is 0 Å². The van der Waals surface area contributed by atoms with E-state index in [0.717, 1.165) is 96.3 Å². The van der Waals surface area contributed by atoms with Crippen LogP contribution < -0.4 is 0 Å². The third-order valence-electron chi connectivity index (χ3n) is 12.2. The second-order valence-electron chi connectivity index (χ2n) is 18.8. The lowest BCUT2D eigenvalue weighted by molar-refractivity contribution is -0.167. The summed E-state index contributed by atoms with van der Waals surface area (Å²) in [5.74, 6) is -0.891. The number of unbranched alkanes of at least 4 members (excludes halogenated alkanes) is 28. The highest BCUT2D eigenvalue weighted by Gasteiger charge is 2.19. The summed E-state index contributed by atoms with van der Waals surface area (Å²) in [6.45, 7) is 6.50. The van der Waals surface area contributed by atoms with E-state index in [4.69, 9.17) is 14.2 Å². The Morgan fingerprint density at radius 3 is 0.940 bits per heavy atom. The molecule has 0 aliphatic carbocycles. The van der Waals surface area contributed by atoms with Crippen molar-refractivity contribution in [2.45, 2.75) is 284 Å². The molecule has 6 heteroatoms. The number of rotatable bonds is 51. The first-order valence-electron chi connectivity index (χ1n) is 28.4. The van der Waals surface area contributed by atoms with Gasteiger partial charge in [0.05, 0.1) is 0 Å². The molecule has 0 spiro atoms. The molecule has 67 heavy (non-hydrogen) atoms. The second-order valence-corrected chi connectivity index (χ2v) is 18.8. The summed E-state index contributed by atoms with van der Waals surface area (Å²) in [6, 6.07) is 0. The highest BCUT2D eigenvalue weighted by molar-refractivity contribution is 5.71. The average Bonchev–Trinajstić information content (AvgIpc) is 3.33. The number of esters is 3. The highest BCUT2D eigenvalue weighted by Crippen LogP contribution is 2.15. The van der Waals surface area contributed by atoms with Crippen LogP contribution in [-0.4, -0.2) is 37.2 Å². The van der Waals surface area contributed by atoms with Gasteiger partial charge in [-0.15, -0.1) is 0 Å². The van der Waals surface area contributed by atoms with Crippen molar-refractivity contribution in [2.75, 3.05) is 13.2 Å². The molecular formula is C61H106O6. The number of allylic oxidation sites excluding steroid dienone is 12. The third-order valence-corrected chi connectivity index (χ3v) is 12.2. The Hall–Kier alpha value is -3.15. The Balaban J connectivity index is 4.36. The molecule has 6 nitrogen and oxygen atoms in total. The summed E-state index contributed by atoms with van der Waals surface area (Å²) in [5, 5.41) is 0. The number of hydrogen-bond donors (Lipinski definition) is 0. The lowest BCUT2D eigenvalue weighted by Gasteiger charge is -2.18. The molecule has 0 saturated heterocycles. The normalized spacial score (nSPS) is 12.6. The minimum absolute atomic E-state index is 0.0797. The van der Waals surface area contributed by atoms with Crippen molar-refractivity contribution < 1.29 is 28.6 Å². The molecule has 0 rings (SSSR count). The summed E-state index contributed by atoms with van der Waals surface area (Å²) < 4.78 is 16.8. The monoisotopic (exact) mass is 935 g/mol. The van der Waals surface area contributed by atoms with Gasteiger partial charge in [-0.3, -0.25) is 14.4 Å². The van der Waals surface area contributed by atoms with E-state index in [2.05, 4.69) is 93.7 Å². The molecule has 1 unspecified atom stereocenters. The molecule has 0 radical (unpaired) electrons. The van der Waals surface area contributed by atoms with Gasteiger partial charge in [0.15, 0.2) is 6.10 Å². The molecule has 1 atom stereocenters. The van der Waals surface area contributed by atoms with Crippen LogP contribution in [0.25, 0.3) is 0 Å². The zero-order valence-electron chi connectivity index (χ0n) is 44.2. The van der Waals surface area contributed by atoms with Crippen LogP contribution in [-0.2, 0) is 28.6 Å².